The van der Waals surface area contributed by atoms with Gasteiger partial charge < -0.3 is 14.5 Å². The minimum Gasteiger partial charge on any atom is -0.495 e. The summed E-state index contributed by atoms with van der Waals surface area (Å²) in [6.45, 7) is -0.323. The van der Waals surface area contributed by atoms with E-state index in [2.05, 4.69) is 10.3 Å². The van der Waals surface area contributed by atoms with Crippen LogP contribution in [0.2, 0.25) is 0 Å². The molecule has 138 valence electrons. The molecule has 3 aromatic rings. The predicted octanol–water partition coefficient (Wildman–Crippen LogP) is 2.06. The molecule has 0 radical (unpaired) electrons. The van der Waals surface area contributed by atoms with Crippen molar-refractivity contribution in [2.24, 2.45) is 0 Å². The Morgan fingerprint density at radius 1 is 1.37 bits per heavy atom. The van der Waals surface area contributed by atoms with E-state index in [1.807, 2.05) is 0 Å². The Kier molecular flexibility index (Phi) is 4.97. The Bertz CT molecular complexity index is 1040. The highest BCUT2D eigenvalue weighted by molar-refractivity contribution is 5.92. The number of methoxy groups -OCH3 is 1. The summed E-state index contributed by atoms with van der Waals surface area (Å²) in [5.41, 5.74) is -0.169. The molecule has 10 heteroatoms. The van der Waals surface area contributed by atoms with Crippen LogP contribution in [-0.4, -0.2) is 27.5 Å². The van der Waals surface area contributed by atoms with Gasteiger partial charge in [-0.2, -0.15) is 0 Å². The molecule has 0 fully saturated rings. The maximum absolute atomic E-state index is 12.3. The third kappa shape index (κ3) is 4.00. The number of carbonyl (C=O) groups excluding carboxylic acids is 1. The summed E-state index contributed by atoms with van der Waals surface area (Å²) in [4.78, 5) is 38.8. The Labute approximate surface area is 152 Å². The van der Waals surface area contributed by atoms with Gasteiger partial charge in [-0.15, -0.1) is 0 Å². The van der Waals surface area contributed by atoms with Gasteiger partial charge in [-0.05, 0) is 18.2 Å². The minimum absolute atomic E-state index is 0.130. The number of carbonyl (C=O) groups is 1. The number of rotatable bonds is 6. The van der Waals surface area contributed by atoms with Gasteiger partial charge in [-0.1, -0.05) is 0 Å². The standard InChI is InChI=1S/C17H14N4O6/c1-26-14-5-4-11(21(24)25)7-13(14)19-16(22)9-20-10-18-12(8-17(20)23)15-3-2-6-27-15/h2-8,10H,9H2,1H3,(H,19,22). The normalized spacial score (nSPS) is 10.4. The summed E-state index contributed by atoms with van der Waals surface area (Å²) in [6, 6.07) is 8.39. The molecule has 0 bridgehead atoms. The lowest BCUT2D eigenvalue weighted by Crippen LogP contribution is -2.27. The van der Waals surface area contributed by atoms with Gasteiger partial charge in [-0.25, -0.2) is 4.98 Å². The van der Waals surface area contributed by atoms with Crippen LogP contribution in [0, 0.1) is 10.1 Å². The van der Waals surface area contributed by atoms with Crippen LogP contribution >= 0.6 is 0 Å². The first-order valence-electron chi connectivity index (χ1n) is 7.70. The molecule has 10 nitrogen and oxygen atoms in total. The first-order valence-corrected chi connectivity index (χ1v) is 7.70. The zero-order valence-corrected chi connectivity index (χ0v) is 14.1. The van der Waals surface area contributed by atoms with Gasteiger partial charge in [0.1, 0.15) is 18.0 Å². The lowest BCUT2D eigenvalue weighted by atomic mass is 10.2. The molecule has 3 rings (SSSR count). The lowest BCUT2D eigenvalue weighted by molar-refractivity contribution is -0.384. The molecule has 0 unspecified atom stereocenters. The fourth-order valence-electron chi connectivity index (χ4n) is 2.36. The van der Waals surface area contributed by atoms with Crippen molar-refractivity contribution >= 4 is 17.3 Å². The van der Waals surface area contributed by atoms with Gasteiger partial charge in [0.15, 0.2) is 5.76 Å². The van der Waals surface area contributed by atoms with E-state index >= 15 is 0 Å². The Hall–Kier alpha value is -3.95. The molecule has 2 aromatic heterocycles. The molecule has 0 saturated carbocycles. The zero-order valence-electron chi connectivity index (χ0n) is 14.1. The van der Waals surface area contributed by atoms with Crippen LogP contribution in [-0.2, 0) is 11.3 Å². The van der Waals surface area contributed by atoms with Gasteiger partial charge in [0, 0.05) is 18.2 Å². The quantitative estimate of drug-likeness (QED) is 0.519. The molecular formula is C17H14N4O6. The van der Waals surface area contributed by atoms with E-state index in [0.29, 0.717) is 11.5 Å². The average molecular weight is 370 g/mol. The first kappa shape index (κ1) is 17.9. The summed E-state index contributed by atoms with van der Waals surface area (Å²) >= 11 is 0. The maximum Gasteiger partial charge on any atom is 0.271 e. The number of furan rings is 1. The molecule has 0 atom stereocenters. The molecule has 27 heavy (non-hydrogen) atoms. The second-order valence-electron chi connectivity index (χ2n) is 5.41. The smallest absolute Gasteiger partial charge is 0.271 e. The van der Waals surface area contributed by atoms with Crippen LogP contribution in [0.3, 0.4) is 0 Å². The minimum atomic E-state index is -0.586. The monoisotopic (exact) mass is 370 g/mol. The number of ether oxygens (including phenoxy) is 1. The summed E-state index contributed by atoms with van der Waals surface area (Å²) in [6.07, 6.45) is 2.69. The van der Waals surface area contributed by atoms with Crippen LogP contribution in [0.25, 0.3) is 11.5 Å². The summed E-state index contributed by atoms with van der Waals surface area (Å²) < 4.78 is 11.4. The fourth-order valence-corrected chi connectivity index (χ4v) is 2.36. The Balaban J connectivity index is 1.77. The molecule has 2 heterocycles. The number of aromatic nitrogens is 2. The molecule has 0 aliphatic rings. The summed E-state index contributed by atoms with van der Waals surface area (Å²) in [5, 5.41) is 13.4. The van der Waals surface area contributed by atoms with Gasteiger partial charge in [0.2, 0.25) is 5.91 Å². The number of benzene rings is 1. The number of hydrogen-bond donors (Lipinski definition) is 1. The van der Waals surface area contributed by atoms with E-state index < -0.39 is 16.4 Å². The van der Waals surface area contributed by atoms with E-state index in [4.69, 9.17) is 9.15 Å². The zero-order chi connectivity index (χ0) is 19.4. The molecular weight excluding hydrogens is 356 g/mol. The highest BCUT2D eigenvalue weighted by atomic mass is 16.6. The highest BCUT2D eigenvalue weighted by Crippen LogP contribution is 2.28. The number of anilines is 1. The van der Waals surface area contributed by atoms with Gasteiger partial charge in [0.05, 0.1) is 30.3 Å². The second kappa shape index (κ2) is 7.52. The summed E-state index contributed by atoms with van der Waals surface area (Å²) in [7, 11) is 1.37. The van der Waals surface area contributed by atoms with Crippen molar-refractivity contribution in [1.82, 2.24) is 9.55 Å². The topological polar surface area (TPSA) is 130 Å². The van der Waals surface area contributed by atoms with Crippen molar-refractivity contribution in [3.05, 3.63) is 69.5 Å². The number of hydrogen-bond acceptors (Lipinski definition) is 7. The van der Waals surface area contributed by atoms with E-state index in [1.165, 1.54) is 44.0 Å². The number of amides is 1. The Morgan fingerprint density at radius 3 is 2.81 bits per heavy atom. The van der Waals surface area contributed by atoms with Crippen molar-refractivity contribution in [3.8, 4) is 17.2 Å². The van der Waals surface area contributed by atoms with Crippen molar-refractivity contribution in [1.29, 1.82) is 0 Å². The van der Waals surface area contributed by atoms with Crippen molar-refractivity contribution in [2.75, 3.05) is 12.4 Å². The van der Waals surface area contributed by atoms with Crippen LogP contribution in [0.15, 0.2) is 58.2 Å². The number of nitrogens with one attached hydrogen (secondary N) is 1. The van der Waals surface area contributed by atoms with E-state index in [-0.39, 0.29) is 23.7 Å². The van der Waals surface area contributed by atoms with E-state index in [0.717, 1.165) is 4.57 Å². The fraction of sp³-hybridized carbons (Fsp3) is 0.118. The van der Waals surface area contributed by atoms with Crippen LogP contribution in [0.5, 0.6) is 5.75 Å². The first-order chi connectivity index (χ1) is 13.0. The molecule has 0 aliphatic carbocycles. The summed E-state index contributed by atoms with van der Waals surface area (Å²) in [5.74, 6) is 0.126. The average Bonchev–Trinajstić information content (AvgIpc) is 3.18. The number of nitrogens with zero attached hydrogens (tertiary/aromatic N) is 3. The SMILES string of the molecule is COc1ccc([N+](=O)[O-])cc1NC(=O)Cn1cnc(-c2ccco2)cc1=O. The largest absolute Gasteiger partial charge is 0.495 e. The molecule has 1 amide bonds. The van der Waals surface area contributed by atoms with Gasteiger partial charge in [0.25, 0.3) is 11.2 Å². The van der Waals surface area contributed by atoms with E-state index in [1.54, 1.807) is 12.1 Å². The Morgan fingerprint density at radius 2 is 2.19 bits per heavy atom. The van der Waals surface area contributed by atoms with Crippen molar-refractivity contribution < 1.29 is 18.9 Å². The molecule has 0 saturated heterocycles. The second-order valence-corrected chi connectivity index (χ2v) is 5.41. The molecule has 0 aliphatic heterocycles. The van der Waals surface area contributed by atoms with Crippen LogP contribution < -0.4 is 15.6 Å². The third-order valence-corrected chi connectivity index (χ3v) is 3.64. The van der Waals surface area contributed by atoms with Crippen LogP contribution in [0.4, 0.5) is 11.4 Å². The number of nitro benzene ring substituents is 1. The molecule has 1 N–H and O–H groups in total. The number of non-ortho nitro benzene ring substituents is 1. The van der Waals surface area contributed by atoms with E-state index in [9.17, 15) is 19.7 Å². The third-order valence-electron chi connectivity index (χ3n) is 3.64. The molecule has 1 aromatic carbocycles. The number of nitro groups is 1. The predicted molar refractivity (Wildman–Crippen MR) is 94.5 cm³/mol. The van der Waals surface area contributed by atoms with Gasteiger partial charge in [-0.3, -0.25) is 24.3 Å². The van der Waals surface area contributed by atoms with Gasteiger partial charge >= 0.3 is 0 Å². The van der Waals surface area contributed by atoms with Crippen molar-refractivity contribution in [2.45, 2.75) is 6.54 Å². The van der Waals surface area contributed by atoms with Crippen LogP contribution in [0.1, 0.15) is 0 Å². The lowest BCUT2D eigenvalue weighted by Gasteiger charge is -2.11. The highest BCUT2D eigenvalue weighted by Gasteiger charge is 2.15. The maximum atomic E-state index is 12.3. The molecule has 0 spiro atoms. The van der Waals surface area contributed by atoms with Crippen molar-refractivity contribution in [3.63, 3.8) is 0 Å².